The summed E-state index contributed by atoms with van der Waals surface area (Å²) in [7, 11) is 1.51. The first-order chi connectivity index (χ1) is 8.86. The van der Waals surface area contributed by atoms with Crippen LogP contribution in [0, 0.1) is 0 Å². The lowest BCUT2D eigenvalue weighted by molar-refractivity contribution is -0.137. The Labute approximate surface area is 114 Å². The van der Waals surface area contributed by atoms with Crippen molar-refractivity contribution < 1.29 is 18.0 Å². The minimum absolute atomic E-state index is 0.00904. The van der Waals surface area contributed by atoms with Crippen LogP contribution in [0.25, 0.3) is 0 Å². The topological polar surface area (TPSA) is 41.1 Å². The summed E-state index contributed by atoms with van der Waals surface area (Å²) in [6, 6.07) is 3.60. The summed E-state index contributed by atoms with van der Waals surface area (Å²) in [6.45, 7) is 0.236. The van der Waals surface area contributed by atoms with Crippen molar-refractivity contribution in [2.45, 2.75) is 19.0 Å². The van der Waals surface area contributed by atoms with E-state index in [1.165, 1.54) is 19.2 Å². The minimum atomic E-state index is -4.46. The van der Waals surface area contributed by atoms with Crippen molar-refractivity contribution in [1.82, 2.24) is 5.32 Å². The van der Waals surface area contributed by atoms with Crippen LogP contribution in [0.3, 0.4) is 0 Å². The van der Waals surface area contributed by atoms with E-state index < -0.39 is 11.7 Å². The van der Waals surface area contributed by atoms with Crippen LogP contribution in [-0.4, -0.2) is 19.5 Å². The summed E-state index contributed by atoms with van der Waals surface area (Å²) in [6.07, 6.45) is -3.80. The normalized spacial score (nSPS) is 11.2. The molecule has 106 valence electrons. The Morgan fingerprint density at radius 3 is 2.63 bits per heavy atom. The van der Waals surface area contributed by atoms with E-state index >= 15 is 0 Å². The van der Waals surface area contributed by atoms with Crippen molar-refractivity contribution in [2.24, 2.45) is 0 Å². The molecule has 0 fully saturated rings. The molecule has 0 unspecified atom stereocenters. The first-order valence-corrected chi connectivity index (χ1v) is 6.04. The van der Waals surface area contributed by atoms with Gasteiger partial charge >= 0.3 is 6.18 Å². The third-order valence-electron chi connectivity index (χ3n) is 2.48. The number of para-hydroxylation sites is 1. The highest BCUT2D eigenvalue weighted by molar-refractivity contribution is 6.33. The summed E-state index contributed by atoms with van der Waals surface area (Å²) in [5.41, 5.74) is -0.950. The SMILES string of the molecule is CNC(=O)CCCNc1c(Cl)cccc1C(F)(F)F. The smallest absolute Gasteiger partial charge is 0.383 e. The van der Waals surface area contributed by atoms with Gasteiger partial charge in [0.2, 0.25) is 5.91 Å². The second-order valence-corrected chi connectivity index (χ2v) is 4.27. The van der Waals surface area contributed by atoms with E-state index in [1.807, 2.05) is 0 Å². The van der Waals surface area contributed by atoms with Crippen LogP contribution >= 0.6 is 11.6 Å². The van der Waals surface area contributed by atoms with Crippen molar-refractivity contribution in [3.8, 4) is 0 Å². The lowest BCUT2D eigenvalue weighted by Gasteiger charge is -2.15. The van der Waals surface area contributed by atoms with Gasteiger partial charge in [0.1, 0.15) is 0 Å². The Bertz CT molecular complexity index is 449. The summed E-state index contributed by atoms with van der Waals surface area (Å²) in [5, 5.41) is 5.08. The Morgan fingerprint density at radius 2 is 2.05 bits per heavy atom. The molecule has 0 bridgehead atoms. The van der Waals surface area contributed by atoms with Crippen molar-refractivity contribution in [3.05, 3.63) is 28.8 Å². The second kappa shape index (κ2) is 6.65. The molecule has 0 aliphatic rings. The highest BCUT2D eigenvalue weighted by Crippen LogP contribution is 2.38. The van der Waals surface area contributed by atoms with E-state index in [0.29, 0.717) is 6.42 Å². The highest BCUT2D eigenvalue weighted by atomic mass is 35.5. The maximum Gasteiger partial charge on any atom is 0.418 e. The van der Waals surface area contributed by atoms with Crippen molar-refractivity contribution >= 4 is 23.2 Å². The fourth-order valence-corrected chi connectivity index (χ4v) is 1.77. The summed E-state index contributed by atoms with van der Waals surface area (Å²) in [4.78, 5) is 11.0. The largest absolute Gasteiger partial charge is 0.418 e. The van der Waals surface area contributed by atoms with E-state index in [9.17, 15) is 18.0 Å². The zero-order chi connectivity index (χ0) is 14.5. The predicted molar refractivity (Wildman–Crippen MR) is 68.2 cm³/mol. The average molecular weight is 295 g/mol. The fraction of sp³-hybridized carbons (Fsp3) is 0.417. The van der Waals surface area contributed by atoms with Crippen LogP contribution in [0.2, 0.25) is 5.02 Å². The van der Waals surface area contributed by atoms with Gasteiger partial charge in [-0.1, -0.05) is 17.7 Å². The van der Waals surface area contributed by atoms with Crippen LogP contribution in [0.15, 0.2) is 18.2 Å². The number of hydrogen-bond acceptors (Lipinski definition) is 2. The molecule has 0 atom stereocenters. The number of rotatable bonds is 5. The molecule has 0 spiro atoms. The highest BCUT2D eigenvalue weighted by Gasteiger charge is 2.34. The standard InChI is InChI=1S/C12H14ClF3N2O/c1-17-10(19)6-3-7-18-11-8(12(14,15)16)4-2-5-9(11)13/h2,4-5,18H,3,6-7H2,1H3,(H,17,19). The molecule has 0 aromatic heterocycles. The number of nitrogens with one attached hydrogen (secondary N) is 2. The summed E-state index contributed by atoms with van der Waals surface area (Å²) in [5.74, 6) is -0.156. The van der Waals surface area contributed by atoms with Gasteiger partial charge in [-0.15, -0.1) is 0 Å². The number of carbonyl (C=O) groups is 1. The van der Waals surface area contributed by atoms with Gasteiger partial charge in [-0.3, -0.25) is 4.79 Å². The molecule has 0 aliphatic heterocycles. The van der Waals surface area contributed by atoms with Gasteiger partial charge in [-0.05, 0) is 18.6 Å². The molecule has 1 aromatic rings. The van der Waals surface area contributed by atoms with E-state index in [0.717, 1.165) is 6.07 Å². The van der Waals surface area contributed by atoms with E-state index in [2.05, 4.69) is 10.6 Å². The molecular weight excluding hydrogens is 281 g/mol. The molecular formula is C12H14ClF3N2O. The van der Waals surface area contributed by atoms with Gasteiger partial charge in [0.25, 0.3) is 0 Å². The first-order valence-electron chi connectivity index (χ1n) is 5.66. The third-order valence-corrected chi connectivity index (χ3v) is 2.80. The summed E-state index contributed by atoms with van der Waals surface area (Å²) >= 11 is 5.76. The van der Waals surface area contributed by atoms with Crippen LogP contribution in [0.1, 0.15) is 18.4 Å². The van der Waals surface area contributed by atoms with Gasteiger partial charge in [-0.25, -0.2) is 0 Å². The molecule has 19 heavy (non-hydrogen) atoms. The summed E-state index contributed by atoms with van der Waals surface area (Å²) < 4.78 is 38.3. The molecule has 0 radical (unpaired) electrons. The first kappa shape index (κ1) is 15.6. The Hall–Kier alpha value is -1.43. The van der Waals surface area contributed by atoms with Crippen molar-refractivity contribution in [3.63, 3.8) is 0 Å². The van der Waals surface area contributed by atoms with Crippen LogP contribution in [-0.2, 0) is 11.0 Å². The van der Waals surface area contributed by atoms with E-state index in [1.54, 1.807) is 0 Å². The molecule has 0 saturated heterocycles. The fourth-order valence-electron chi connectivity index (χ4n) is 1.53. The van der Waals surface area contributed by atoms with Gasteiger partial charge < -0.3 is 10.6 Å². The van der Waals surface area contributed by atoms with Gasteiger partial charge in [0, 0.05) is 20.0 Å². The van der Waals surface area contributed by atoms with E-state index in [-0.39, 0.29) is 29.6 Å². The number of benzene rings is 1. The molecule has 3 nitrogen and oxygen atoms in total. The lowest BCUT2D eigenvalue weighted by atomic mass is 10.1. The maximum atomic E-state index is 12.8. The molecule has 0 aliphatic carbocycles. The van der Waals surface area contributed by atoms with Gasteiger partial charge in [-0.2, -0.15) is 13.2 Å². The quantitative estimate of drug-likeness (QED) is 0.818. The van der Waals surface area contributed by atoms with Crippen LogP contribution < -0.4 is 10.6 Å². The molecule has 7 heteroatoms. The number of anilines is 1. The zero-order valence-electron chi connectivity index (χ0n) is 10.3. The maximum absolute atomic E-state index is 12.8. The van der Waals surface area contributed by atoms with Crippen LogP contribution in [0.5, 0.6) is 0 Å². The molecule has 1 amide bonds. The van der Waals surface area contributed by atoms with Crippen molar-refractivity contribution in [2.75, 3.05) is 18.9 Å². The molecule has 0 heterocycles. The van der Waals surface area contributed by atoms with E-state index in [4.69, 9.17) is 11.6 Å². The number of alkyl halides is 3. The van der Waals surface area contributed by atoms with Crippen molar-refractivity contribution in [1.29, 1.82) is 0 Å². The van der Waals surface area contributed by atoms with Crippen LogP contribution in [0.4, 0.5) is 18.9 Å². The third kappa shape index (κ3) is 4.63. The number of amides is 1. The number of halogens is 4. The molecule has 0 saturated carbocycles. The second-order valence-electron chi connectivity index (χ2n) is 3.86. The Kier molecular flexibility index (Phi) is 5.47. The average Bonchev–Trinajstić information content (AvgIpc) is 2.34. The monoisotopic (exact) mass is 294 g/mol. The Balaban J connectivity index is 2.70. The number of hydrogen-bond donors (Lipinski definition) is 2. The van der Waals surface area contributed by atoms with Gasteiger partial charge in [0.05, 0.1) is 16.3 Å². The molecule has 1 aromatic carbocycles. The minimum Gasteiger partial charge on any atom is -0.383 e. The Morgan fingerprint density at radius 1 is 1.37 bits per heavy atom. The molecule has 2 N–H and O–H groups in total. The predicted octanol–water partition coefficient (Wildman–Crippen LogP) is 3.30. The van der Waals surface area contributed by atoms with Gasteiger partial charge in [0.15, 0.2) is 0 Å². The number of carbonyl (C=O) groups excluding carboxylic acids is 1. The molecule has 1 rings (SSSR count). The zero-order valence-corrected chi connectivity index (χ0v) is 11.0. The lowest BCUT2D eigenvalue weighted by Crippen LogP contribution is -2.19.